The lowest BCUT2D eigenvalue weighted by Crippen LogP contribution is -2.28. The van der Waals surface area contributed by atoms with Crippen LogP contribution in [0.1, 0.15) is 40.4 Å². The third-order valence-corrected chi connectivity index (χ3v) is 5.64. The first kappa shape index (κ1) is 19.1. The second kappa shape index (κ2) is 8.43. The van der Waals surface area contributed by atoms with E-state index < -0.39 is 0 Å². The summed E-state index contributed by atoms with van der Waals surface area (Å²) in [5.41, 5.74) is 3.53. The van der Waals surface area contributed by atoms with E-state index in [0.717, 1.165) is 36.0 Å². The van der Waals surface area contributed by atoms with Crippen molar-refractivity contribution >= 4 is 22.7 Å². The van der Waals surface area contributed by atoms with Crippen molar-refractivity contribution < 1.29 is 9.59 Å². The lowest BCUT2D eigenvalue weighted by Gasteiger charge is -2.17. The molecular weight excluding hydrogens is 362 g/mol. The minimum atomic E-state index is -0.112. The molecule has 5 heteroatoms. The summed E-state index contributed by atoms with van der Waals surface area (Å²) in [6.45, 7) is 1.40. The van der Waals surface area contributed by atoms with Gasteiger partial charge in [0, 0.05) is 43.6 Å². The number of amides is 2. The zero-order chi connectivity index (χ0) is 20.2. The van der Waals surface area contributed by atoms with E-state index in [1.807, 2.05) is 53.4 Å². The molecule has 1 fully saturated rings. The fraction of sp³-hybridized carbons (Fsp3) is 0.292. The Morgan fingerprint density at radius 3 is 2.66 bits per heavy atom. The molecule has 4 rings (SSSR count). The zero-order valence-corrected chi connectivity index (χ0v) is 16.6. The number of fused-ring (bicyclic) bond motifs is 1. The summed E-state index contributed by atoms with van der Waals surface area (Å²) in [5, 5.41) is 3.57. The van der Waals surface area contributed by atoms with Crippen LogP contribution in [0.3, 0.4) is 0 Å². The number of nitrogens with one attached hydrogen (secondary N) is 1. The maximum atomic E-state index is 12.7. The fourth-order valence-electron chi connectivity index (χ4n) is 4.01. The van der Waals surface area contributed by atoms with E-state index in [9.17, 15) is 9.59 Å². The molecule has 1 atom stereocenters. The van der Waals surface area contributed by atoms with Crippen molar-refractivity contribution in [2.45, 2.75) is 25.2 Å². The van der Waals surface area contributed by atoms with Gasteiger partial charge in [0.1, 0.15) is 0 Å². The van der Waals surface area contributed by atoms with E-state index in [2.05, 4.69) is 17.4 Å². The highest BCUT2D eigenvalue weighted by Gasteiger charge is 2.29. The van der Waals surface area contributed by atoms with Crippen LogP contribution in [-0.4, -0.2) is 41.8 Å². The molecule has 0 spiro atoms. The van der Waals surface area contributed by atoms with Gasteiger partial charge in [0.05, 0.1) is 11.1 Å². The summed E-state index contributed by atoms with van der Waals surface area (Å²) in [4.78, 5) is 31.8. The molecule has 148 valence electrons. The van der Waals surface area contributed by atoms with Gasteiger partial charge in [0.25, 0.3) is 5.91 Å². The number of benzene rings is 2. The molecule has 0 bridgehead atoms. The van der Waals surface area contributed by atoms with Crippen LogP contribution in [0.5, 0.6) is 0 Å². The van der Waals surface area contributed by atoms with Crippen molar-refractivity contribution in [1.82, 2.24) is 15.2 Å². The maximum Gasteiger partial charge on any atom is 0.251 e. The third-order valence-electron chi connectivity index (χ3n) is 5.64. The third kappa shape index (κ3) is 4.14. The van der Waals surface area contributed by atoms with Gasteiger partial charge < -0.3 is 10.2 Å². The Morgan fingerprint density at radius 2 is 1.86 bits per heavy atom. The van der Waals surface area contributed by atoms with E-state index in [-0.39, 0.29) is 17.7 Å². The van der Waals surface area contributed by atoms with Crippen LogP contribution in [0.2, 0.25) is 0 Å². The second-order valence-corrected chi connectivity index (χ2v) is 7.50. The molecule has 29 heavy (non-hydrogen) atoms. The summed E-state index contributed by atoms with van der Waals surface area (Å²) in [6, 6.07) is 19.7. The SMILES string of the molecule is CNC(=O)c1cc([C@@H]2CCN(C(=O)CCc3ccccc3)C2)nc2ccccc12. The normalized spacial score (nSPS) is 16.2. The Kier molecular flexibility index (Phi) is 5.56. The second-order valence-electron chi connectivity index (χ2n) is 7.50. The first-order valence-electron chi connectivity index (χ1n) is 10.1. The number of hydrogen-bond donors (Lipinski definition) is 1. The number of aromatic nitrogens is 1. The van der Waals surface area contributed by atoms with Crippen molar-refractivity contribution in [2.24, 2.45) is 0 Å². The molecule has 0 unspecified atom stereocenters. The van der Waals surface area contributed by atoms with Crippen molar-refractivity contribution in [3.63, 3.8) is 0 Å². The van der Waals surface area contributed by atoms with Crippen LogP contribution in [0.25, 0.3) is 10.9 Å². The quantitative estimate of drug-likeness (QED) is 0.728. The number of carbonyl (C=O) groups excluding carboxylic acids is 2. The molecule has 1 saturated heterocycles. The van der Waals surface area contributed by atoms with E-state index in [0.29, 0.717) is 18.5 Å². The average Bonchev–Trinajstić information content (AvgIpc) is 3.27. The molecule has 1 aliphatic heterocycles. The van der Waals surface area contributed by atoms with Crippen molar-refractivity contribution in [2.75, 3.05) is 20.1 Å². The standard InChI is InChI=1S/C24H25N3O2/c1-25-24(29)20-15-22(26-21-10-6-5-9-19(20)21)18-13-14-27(16-18)23(28)12-11-17-7-3-2-4-8-17/h2-10,15,18H,11-14,16H2,1H3,(H,25,29)/t18-/m1/s1. The van der Waals surface area contributed by atoms with Gasteiger partial charge in [0.15, 0.2) is 0 Å². The zero-order valence-electron chi connectivity index (χ0n) is 16.6. The molecule has 0 radical (unpaired) electrons. The smallest absolute Gasteiger partial charge is 0.251 e. The average molecular weight is 387 g/mol. The Balaban J connectivity index is 1.49. The van der Waals surface area contributed by atoms with Gasteiger partial charge in [0.2, 0.25) is 5.91 Å². The molecule has 0 aliphatic carbocycles. The molecule has 2 amide bonds. The highest BCUT2D eigenvalue weighted by Crippen LogP contribution is 2.29. The topological polar surface area (TPSA) is 62.3 Å². The summed E-state index contributed by atoms with van der Waals surface area (Å²) < 4.78 is 0. The number of carbonyl (C=O) groups is 2. The number of likely N-dealkylation sites (tertiary alicyclic amines) is 1. The van der Waals surface area contributed by atoms with Gasteiger partial charge in [-0.1, -0.05) is 48.5 Å². The minimum Gasteiger partial charge on any atom is -0.355 e. The van der Waals surface area contributed by atoms with Gasteiger partial charge in [-0.25, -0.2) is 0 Å². The number of aryl methyl sites for hydroxylation is 1. The predicted octanol–water partition coefficient (Wildman–Crippen LogP) is 3.54. The van der Waals surface area contributed by atoms with Crippen molar-refractivity contribution in [1.29, 1.82) is 0 Å². The van der Waals surface area contributed by atoms with Crippen LogP contribution >= 0.6 is 0 Å². The molecular formula is C24H25N3O2. The molecule has 1 aliphatic rings. The van der Waals surface area contributed by atoms with Gasteiger partial charge in [-0.3, -0.25) is 14.6 Å². The number of hydrogen-bond acceptors (Lipinski definition) is 3. The van der Waals surface area contributed by atoms with Crippen molar-refractivity contribution in [3.8, 4) is 0 Å². The Hall–Kier alpha value is -3.21. The highest BCUT2D eigenvalue weighted by atomic mass is 16.2. The largest absolute Gasteiger partial charge is 0.355 e. The van der Waals surface area contributed by atoms with Gasteiger partial charge in [-0.15, -0.1) is 0 Å². The number of para-hydroxylation sites is 1. The minimum absolute atomic E-state index is 0.112. The lowest BCUT2D eigenvalue weighted by molar-refractivity contribution is -0.130. The Labute approximate surface area is 170 Å². The van der Waals surface area contributed by atoms with Crippen LogP contribution < -0.4 is 5.32 Å². The van der Waals surface area contributed by atoms with Crippen LogP contribution in [0, 0.1) is 0 Å². The highest BCUT2D eigenvalue weighted by molar-refractivity contribution is 6.06. The van der Waals surface area contributed by atoms with Gasteiger partial charge in [-0.2, -0.15) is 0 Å². The van der Waals surface area contributed by atoms with E-state index in [1.54, 1.807) is 7.05 Å². The summed E-state index contributed by atoms with van der Waals surface area (Å²) in [5.74, 6) is 0.228. The number of rotatable bonds is 5. The molecule has 1 aromatic heterocycles. The lowest BCUT2D eigenvalue weighted by atomic mass is 9.99. The van der Waals surface area contributed by atoms with Crippen molar-refractivity contribution in [3.05, 3.63) is 77.5 Å². The van der Waals surface area contributed by atoms with Crippen LogP contribution in [0.4, 0.5) is 0 Å². The summed E-state index contributed by atoms with van der Waals surface area (Å²) in [6.07, 6.45) is 2.15. The van der Waals surface area contributed by atoms with Gasteiger partial charge in [-0.05, 0) is 30.5 Å². The van der Waals surface area contributed by atoms with Gasteiger partial charge >= 0.3 is 0 Å². The number of pyridine rings is 1. The monoisotopic (exact) mass is 387 g/mol. The Bertz CT molecular complexity index is 1030. The predicted molar refractivity (Wildman–Crippen MR) is 114 cm³/mol. The molecule has 0 saturated carbocycles. The molecule has 1 N–H and O–H groups in total. The van der Waals surface area contributed by atoms with E-state index in [1.165, 1.54) is 5.56 Å². The van der Waals surface area contributed by atoms with Crippen LogP contribution in [0.15, 0.2) is 60.7 Å². The fourth-order valence-corrected chi connectivity index (χ4v) is 4.01. The summed E-state index contributed by atoms with van der Waals surface area (Å²) >= 11 is 0. The maximum absolute atomic E-state index is 12.7. The first-order chi connectivity index (χ1) is 14.2. The first-order valence-corrected chi connectivity index (χ1v) is 10.1. The molecule has 2 aromatic carbocycles. The molecule has 3 aromatic rings. The Morgan fingerprint density at radius 1 is 1.10 bits per heavy atom. The summed E-state index contributed by atoms with van der Waals surface area (Å²) in [7, 11) is 1.64. The van der Waals surface area contributed by atoms with E-state index in [4.69, 9.17) is 4.98 Å². The van der Waals surface area contributed by atoms with Crippen LogP contribution in [-0.2, 0) is 11.2 Å². The molecule has 2 heterocycles. The van der Waals surface area contributed by atoms with E-state index >= 15 is 0 Å². The molecule has 5 nitrogen and oxygen atoms in total. The number of nitrogens with zero attached hydrogens (tertiary/aromatic N) is 2.